The van der Waals surface area contributed by atoms with Crippen molar-refractivity contribution in [2.75, 3.05) is 17.2 Å². The molecule has 0 aromatic heterocycles. The summed E-state index contributed by atoms with van der Waals surface area (Å²) in [6.07, 6.45) is -4.49. The molecule has 0 heterocycles. The topological polar surface area (TPSA) is 67.2 Å². The highest BCUT2D eigenvalue weighted by atomic mass is 35.5. The molecule has 0 radical (unpaired) electrons. The molecule has 4 N–H and O–H groups in total. The Balaban J connectivity index is 0.00000338. The first-order valence-corrected chi connectivity index (χ1v) is 7.81. The number of halogens is 4. The minimum Gasteiger partial charge on any atom is -0.379 e. The predicted molar refractivity (Wildman–Crippen MR) is 99.3 cm³/mol. The molecule has 2 aromatic rings. The number of rotatable bonds is 6. The average molecular weight is 388 g/mol. The summed E-state index contributed by atoms with van der Waals surface area (Å²) in [5.41, 5.74) is 6.08. The highest BCUT2D eigenvalue weighted by Gasteiger charge is 2.31. The van der Waals surface area contributed by atoms with Gasteiger partial charge in [0.25, 0.3) is 0 Å². The van der Waals surface area contributed by atoms with Crippen LogP contribution in [0.25, 0.3) is 0 Å². The Labute approximate surface area is 156 Å². The Morgan fingerprint density at radius 2 is 1.77 bits per heavy atom. The molecule has 0 aliphatic carbocycles. The van der Waals surface area contributed by atoms with E-state index < -0.39 is 23.6 Å². The van der Waals surface area contributed by atoms with Crippen LogP contribution in [0, 0.1) is 5.92 Å². The largest absolute Gasteiger partial charge is 0.416 e. The molecule has 0 aliphatic heterocycles. The summed E-state index contributed by atoms with van der Waals surface area (Å²) < 4.78 is 38.9. The van der Waals surface area contributed by atoms with E-state index in [1.54, 1.807) is 6.92 Å². The molecule has 0 bridgehead atoms. The van der Waals surface area contributed by atoms with Gasteiger partial charge in [-0.25, -0.2) is 0 Å². The monoisotopic (exact) mass is 387 g/mol. The minimum atomic E-state index is -4.49. The number of amides is 1. The highest BCUT2D eigenvalue weighted by molar-refractivity contribution is 5.95. The number of hydrogen-bond acceptors (Lipinski definition) is 3. The number of carbonyl (C=O) groups excluding carboxylic acids is 1. The second kappa shape index (κ2) is 9.45. The van der Waals surface area contributed by atoms with Crippen LogP contribution >= 0.6 is 12.4 Å². The zero-order valence-electron chi connectivity index (χ0n) is 14.1. The van der Waals surface area contributed by atoms with Gasteiger partial charge in [-0.05, 0) is 23.8 Å². The third-order valence-electron chi connectivity index (χ3n) is 3.73. The molecule has 8 heteroatoms. The van der Waals surface area contributed by atoms with Gasteiger partial charge in [0.2, 0.25) is 5.91 Å². The number of nitrogens with one attached hydrogen (secondary N) is 2. The lowest BCUT2D eigenvalue weighted by atomic mass is 10.1. The van der Waals surface area contributed by atoms with E-state index in [0.29, 0.717) is 12.2 Å². The SMILES string of the molecule is CC(CN)C(=O)Nc1cc(C(F)(F)F)ccc1NCc1ccccc1.Cl. The molecule has 0 fully saturated rings. The third kappa shape index (κ3) is 5.93. The van der Waals surface area contributed by atoms with E-state index in [4.69, 9.17) is 5.73 Å². The van der Waals surface area contributed by atoms with Crippen LogP contribution < -0.4 is 16.4 Å². The maximum absolute atomic E-state index is 13.0. The Bertz CT molecular complexity index is 723. The van der Waals surface area contributed by atoms with Gasteiger partial charge >= 0.3 is 6.18 Å². The lowest BCUT2D eigenvalue weighted by Gasteiger charge is -2.17. The van der Waals surface area contributed by atoms with Gasteiger partial charge < -0.3 is 16.4 Å². The van der Waals surface area contributed by atoms with Crippen molar-refractivity contribution in [3.8, 4) is 0 Å². The first-order chi connectivity index (χ1) is 11.8. The summed E-state index contributed by atoms with van der Waals surface area (Å²) in [6, 6.07) is 12.6. The van der Waals surface area contributed by atoms with Crippen molar-refractivity contribution in [3.63, 3.8) is 0 Å². The minimum absolute atomic E-state index is 0. The fraction of sp³-hybridized carbons (Fsp3) is 0.278. The molecule has 1 amide bonds. The fourth-order valence-electron chi connectivity index (χ4n) is 2.13. The highest BCUT2D eigenvalue weighted by Crippen LogP contribution is 2.34. The van der Waals surface area contributed by atoms with Crippen molar-refractivity contribution in [2.45, 2.75) is 19.6 Å². The van der Waals surface area contributed by atoms with Crippen LogP contribution in [-0.2, 0) is 17.5 Å². The smallest absolute Gasteiger partial charge is 0.379 e. The Morgan fingerprint density at radius 1 is 1.12 bits per heavy atom. The molecule has 0 saturated carbocycles. The van der Waals surface area contributed by atoms with E-state index in [9.17, 15) is 18.0 Å². The molecule has 1 unspecified atom stereocenters. The van der Waals surface area contributed by atoms with E-state index in [-0.39, 0.29) is 24.6 Å². The maximum atomic E-state index is 13.0. The summed E-state index contributed by atoms with van der Waals surface area (Å²) in [5.74, 6) is -0.930. The van der Waals surface area contributed by atoms with Crippen LogP contribution in [0.5, 0.6) is 0 Å². The number of anilines is 2. The van der Waals surface area contributed by atoms with Crippen molar-refractivity contribution in [1.82, 2.24) is 0 Å². The quantitative estimate of drug-likeness (QED) is 0.693. The van der Waals surface area contributed by atoms with Crippen molar-refractivity contribution < 1.29 is 18.0 Å². The Morgan fingerprint density at radius 3 is 2.35 bits per heavy atom. The van der Waals surface area contributed by atoms with Crippen molar-refractivity contribution in [2.24, 2.45) is 11.7 Å². The van der Waals surface area contributed by atoms with Crippen LogP contribution in [0.15, 0.2) is 48.5 Å². The van der Waals surface area contributed by atoms with Crippen LogP contribution in [0.4, 0.5) is 24.5 Å². The third-order valence-corrected chi connectivity index (χ3v) is 3.73. The van der Waals surface area contributed by atoms with E-state index in [0.717, 1.165) is 17.7 Å². The van der Waals surface area contributed by atoms with Gasteiger partial charge in [-0.1, -0.05) is 37.3 Å². The van der Waals surface area contributed by atoms with Crippen LogP contribution in [0.2, 0.25) is 0 Å². The van der Waals surface area contributed by atoms with Crippen molar-refractivity contribution in [3.05, 3.63) is 59.7 Å². The molecular weight excluding hydrogens is 367 g/mol. The van der Waals surface area contributed by atoms with Gasteiger partial charge in [0.15, 0.2) is 0 Å². The lowest BCUT2D eigenvalue weighted by Crippen LogP contribution is -2.27. The zero-order valence-corrected chi connectivity index (χ0v) is 15.0. The number of alkyl halides is 3. The normalized spacial score (nSPS) is 12.0. The standard InChI is InChI=1S/C18H20F3N3O.ClH/c1-12(10-22)17(25)24-16-9-14(18(19,20)21)7-8-15(16)23-11-13-5-3-2-4-6-13;/h2-9,12,23H,10-11,22H2,1H3,(H,24,25);1H. The summed E-state index contributed by atoms with van der Waals surface area (Å²) in [7, 11) is 0. The average Bonchev–Trinajstić information content (AvgIpc) is 2.59. The number of carbonyl (C=O) groups is 1. The summed E-state index contributed by atoms with van der Waals surface area (Å²) in [5, 5.41) is 5.59. The van der Waals surface area contributed by atoms with E-state index >= 15 is 0 Å². The Hall–Kier alpha value is -2.25. The van der Waals surface area contributed by atoms with Crippen LogP contribution in [0.3, 0.4) is 0 Å². The molecule has 0 aliphatic rings. The fourth-order valence-corrected chi connectivity index (χ4v) is 2.13. The first-order valence-electron chi connectivity index (χ1n) is 7.81. The van der Waals surface area contributed by atoms with Gasteiger partial charge in [0.1, 0.15) is 0 Å². The molecule has 4 nitrogen and oxygen atoms in total. The summed E-state index contributed by atoms with van der Waals surface area (Å²) in [6.45, 7) is 2.14. The molecule has 1 atom stereocenters. The Kier molecular flexibility index (Phi) is 7.92. The number of hydrogen-bond donors (Lipinski definition) is 3. The zero-order chi connectivity index (χ0) is 18.4. The maximum Gasteiger partial charge on any atom is 0.416 e. The molecule has 142 valence electrons. The van der Waals surface area contributed by atoms with Gasteiger partial charge in [-0.2, -0.15) is 13.2 Å². The molecule has 0 saturated heterocycles. The number of nitrogens with two attached hydrogens (primary N) is 1. The lowest BCUT2D eigenvalue weighted by molar-refractivity contribution is -0.137. The molecule has 2 rings (SSSR count). The van der Waals surface area contributed by atoms with Crippen LogP contribution in [0.1, 0.15) is 18.1 Å². The van der Waals surface area contributed by atoms with Crippen molar-refractivity contribution >= 4 is 29.7 Å². The summed E-state index contributed by atoms with van der Waals surface area (Å²) >= 11 is 0. The van der Waals surface area contributed by atoms with Gasteiger partial charge in [-0.15, -0.1) is 12.4 Å². The van der Waals surface area contributed by atoms with E-state index in [1.165, 1.54) is 6.07 Å². The van der Waals surface area contributed by atoms with E-state index in [1.807, 2.05) is 30.3 Å². The van der Waals surface area contributed by atoms with Gasteiger partial charge in [0, 0.05) is 19.0 Å². The van der Waals surface area contributed by atoms with Gasteiger partial charge in [-0.3, -0.25) is 4.79 Å². The summed E-state index contributed by atoms with van der Waals surface area (Å²) in [4.78, 5) is 12.0. The van der Waals surface area contributed by atoms with Crippen molar-refractivity contribution in [1.29, 1.82) is 0 Å². The van der Waals surface area contributed by atoms with Crippen LogP contribution in [-0.4, -0.2) is 12.5 Å². The second-order valence-corrected chi connectivity index (χ2v) is 5.72. The number of benzene rings is 2. The van der Waals surface area contributed by atoms with E-state index in [2.05, 4.69) is 10.6 Å². The van der Waals surface area contributed by atoms with Gasteiger partial charge in [0.05, 0.1) is 16.9 Å². The molecule has 0 spiro atoms. The first kappa shape index (κ1) is 21.8. The second-order valence-electron chi connectivity index (χ2n) is 5.72. The predicted octanol–water partition coefficient (Wildman–Crippen LogP) is 4.27. The molecule has 26 heavy (non-hydrogen) atoms. The molecular formula is C18H21ClF3N3O. The molecule has 2 aromatic carbocycles.